The quantitative estimate of drug-likeness (QED) is 0.721. The number of carbonyl (C=O) groups excluding carboxylic acids is 1. The summed E-state index contributed by atoms with van der Waals surface area (Å²) in [5.41, 5.74) is 0.553. The monoisotopic (exact) mass is 368 g/mol. The number of benzene rings is 1. The summed E-state index contributed by atoms with van der Waals surface area (Å²) >= 11 is 6.40. The van der Waals surface area contributed by atoms with Crippen LogP contribution in [0, 0.1) is 0 Å². The lowest BCUT2D eigenvalue weighted by Gasteiger charge is -2.28. The molecule has 0 spiro atoms. The Labute approximate surface area is 155 Å². The second kappa shape index (κ2) is 9.88. The van der Waals surface area contributed by atoms with Gasteiger partial charge in [-0.1, -0.05) is 25.4 Å². The lowest BCUT2D eigenvalue weighted by atomic mass is 10.1. The molecule has 0 saturated carbocycles. The molecule has 25 heavy (non-hydrogen) atoms. The maximum atomic E-state index is 13.1. The Bertz CT molecular complexity index is 574. The maximum absolute atomic E-state index is 13.1. The number of amides is 1. The van der Waals surface area contributed by atoms with E-state index in [4.69, 9.17) is 21.1 Å². The predicted octanol–water partition coefficient (Wildman–Crippen LogP) is 3.74. The number of hydrogen-bond acceptors (Lipinski definition) is 4. The van der Waals surface area contributed by atoms with Gasteiger partial charge in [-0.05, 0) is 44.9 Å². The topological polar surface area (TPSA) is 50.8 Å². The second-order valence-corrected chi connectivity index (χ2v) is 6.62. The van der Waals surface area contributed by atoms with E-state index in [2.05, 4.69) is 12.2 Å². The molecule has 0 aliphatic carbocycles. The number of rotatable bonds is 9. The number of nitrogens with one attached hydrogen (secondary N) is 1. The normalized spacial score (nSPS) is 16.7. The molecule has 1 aromatic rings. The van der Waals surface area contributed by atoms with E-state index in [0.29, 0.717) is 35.3 Å². The molecule has 140 valence electrons. The molecule has 1 amide bonds. The minimum atomic E-state index is 0.000412. The van der Waals surface area contributed by atoms with Gasteiger partial charge in [0.2, 0.25) is 0 Å². The number of halogens is 1. The van der Waals surface area contributed by atoms with Crippen LogP contribution in [0.25, 0.3) is 0 Å². The molecular weight excluding hydrogens is 340 g/mol. The highest BCUT2D eigenvalue weighted by molar-refractivity contribution is 6.32. The number of carbonyl (C=O) groups is 1. The summed E-state index contributed by atoms with van der Waals surface area (Å²) in [6.45, 7) is 9.60. The summed E-state index contributed by atoms with van der Waals surface area (Å²) in [5.74, 6) is 1.06. The molecule has 0 aromatic heterocycles. The van der Waals surface area contributed by atoms with Crippen LogP contribution in [0.2, 0.25) is 5.02 Å². The largest absolute Gasteiger partial charge is 0.490 e. The Morgan fingerprint density at radius 1 is 1.28 bits per heavy atom. The number of hydrogen-bond donors (Lipinski definition) is 1. The van der Waals surface area contributed by atoms with Gasteiger partial charge in [0.15, 0.2) is 11.5 Å². The first-order valence-corrected chi connectivity index (χ1v) is 9.60. The summed E-state index contributed by atoms with van der Waals surface area (Å²) in [4.78, 5) is 15.1. The van der Waals surface area contributed by atoms with E-state index < -0.39 is 0 Å². The molecule has 0 radical (unpaired) electrons. The Hall–Kier alpha value is -1.46. The lowest BCUT2D eigenvalue weighted by molar-refractivity contribution is 0.0691. The molecule has 1 heterocycles. The molecule has 1 atom stereocenters. The highest BCUT2D eigenvalue weighted by Crippen LogP contribution is 2.37. The predicted molar refractivity (Wildman–Crippen MR) is 101 cm³/mol. The highest BCUT2D eigenvalue weighted by atomic mass is 35.5. The van der Waals surface area contributed by atoms with E-state index in [1.165, 1.54) is 0 Å². The molecule has 2 rings (SSSR count). The Balaban J connectivity index is 2.30. The SMILES string of the molecule is CCCOc1c(Cl)cc(C(=O)N(CCC)C2CCNC2)cc1OCC. The van der Waals surface area contributed by atoms with Crippen molar-refractivity contribution in [2.24, 2.45) is 0 Å². The van der Waals surface area contributed by atoms with Crippen LogP contribution >= 0.6 is 11.6 Å². The van der Waals surface area contributed by atoms with Gasteiger partial charge in [0.25, 0.3) is 5.91 Å². The molecule has 1 aromatic carbocycles. The van der Waals surface area contributed by atoms with Gasteiger partial charge in [0, 0.05) is 24.7 Å². The van der Waals surface area contributed by atoms with Crippen LogP contribution in [0.4, 0.5) is 0 Å². The van der Waals surface area contributed by atoms with Crippen molar-refractivity contribution < 1.29 is 14.3 Å². The van der Waals surface area contributed by atoms with Crippen molar-refractivity contribution in [1.29, 1.82) is 0 Å². The van der Waals surface area contributed by atoms with Crippen LogP contribution in [-0.4, -0.2) is 49.7 Å². The smallest absolute Gasteiger partial charge is 0.254 e. The second-order valence-electron chi connectivity index (χ2n) is 6.21. The van der Waals surface area contributed by atoms with Crippen LogP contribution in [-0.2, 0) is 0 Å². The van der Waals surface area contributed by atoms with E-state index in [9.17, 15) is 4.79 Å². The van der Waals surface area contributed by atoms with Crippen LogP contribution in [0.5, 0.6) is 11.5 Å². The van der Waals surface area contributed by atoms with Gasteiger partial charge in [-0.3, -0.25) is 4.79 Å². The van der Waals surface area contributed by atoms with E-state index >= 15 is 0 Å². The molecule has 6 heteroatoms. The first-order chi connectivity index (χ1) is 12.1. The fraction of sp³-hybridized carbons (Fsp3) is 0.632. The number of nitrogens with zero attached hydrogens (tertiary/aromatic N) is 1. The van der Waals surface area contributed by atoms with Gasteiger partial charge in [-0.2, -0.15) is 0 Å². The van der Waals surface area contributed by atoms with Gasteiger partial charge in [-0.15, -0.1) is 0 Å². The van der Waals surface area contributed by atoms with Crippen LogP contribution in [0.3, 0.4) is 0 Å². The van der Waals surface area contributed by atoms with E-state index in [-0.39, 0.29) is 11.9 Å². The van der Waals surface area contributed by atoms with Gasteiger partial charge in [0.05, 0.1) is 18.2 Å². The van der Waals surface area contributed by atoms with Crippen molar-refractivity contribution >= 4 is 17.5 Å². The first-order valence-electron chi connectivity index (χ1n) is 9.23. The van der Waals surface area contributed by atoms with Crippen LogP contribution in [0.15, 0.2) is 12.1 Å². The fourth-order valence-corrected chi connectivity index (χ4v) is 3.33. The fourth-order valence-electron chi connectivity index (χ4n) is 3.06. The van der Waals surface area contributed by atoms with Crippen molar-refractivity contribution in [3.63, 3.8) is 0 Å². The summed E-state index contributed by atoms with van der Waals surface area (Å²) in [6.07, 6.45) is 2.78. The molecule has 0 bridgehead atoms. The van der Waals surface area contributed by atoms with Gasteiger partial charge in [0.1, 0.15) is 0 Å². The Morgan fingerprint density at radius 3 is 2.68 bits per heavy atom. The average Bonchev–Trinajstić information content (AvgIpc) is 3.12. The van der Waals surface area contributed by atoms with Gasteiger partial charge >= 0.3 is 0 Å². The van der Waals surface area contributed by atoms with Crippen molar-refractivity contribution in [3.05, 3.63) is 22.7 Å². The highest BCUT2D eigenvalue weighted by Gasteiger charge is 2.28. The average molecular weight is 369 g/mol. The van der Waals surface area contributed by atoms with E-state index in [1.807, 2.05) is 18.7 Å². The molecule has 1 saturated heterocycles. The maximum Gasteiger partial charge on any atom is 0.254 e. The van der Waals surface area contributed by atoms with Gasteiger partial charge in [-0.25, -0.2) is 0 Å². The third-order valence-electron chi connectivity index (χ3n) is 4.21. The number of ether oxygens (including phenoxy) is 2. The molecule has 1 aliphatic rings. The third-order valence-corrected chi connectivity index (χ3v) is 4.49. The third kappa shape index (κ3) is 5.02. The summed E-state index contributed by atoms with van der Waals surface area (Å²) in [6, 6.07) is 3.69. The summed E-state index contributed by atoms with van der Waals surface area (Å²) in [5, 5.41) is 3.75. The lowest BCUT2D eigenvalue weighted by Crippen LogP contribution is -2.42. The van der Waals surface area contributed by atoms with Gasteiger partial charge < -0.3 is 19.7 Å². The molecule has 1 N–H and O–H groups in total. The van der Waals surface area contributed by atoms with E-state index in [0.717, 1.165) is 38.9 Å². The zero-order chi connectivity index (χ0) is 18.2. The molecular formula is C19H29ClN2O3. The minimum absolute atomic E-state index is 0.000412. The van der Waals surface area contributed by atoms with Crippen molar-refractivity contribution in [2.45, 2.75) is 46.1 Å². The first kappa shape index (κ1) is 19.9. The Kier molecular flexibility index (Phi) is 7.85. The molecule has 1 aliphatic heterocycles. The van der Waals surface area contributed by atoms with Crippen LogP contribution < -0.4 is 14.8 Å². The zero-order valence-electron chi connectivity index (χ0n) is 15.4. The van der Waals surface area contributed by atoms with Crippen molar-refractivity contribution in [1.82, 2.24) is 10.2 Å². The van der Waals surface area contributed by atoms with Crippen molar-refractivity contribution in [2.75, 3.05) is 32.8 Å². The minimum Gasteiger partial charge on any atom is -0.490 e. The van der Waals surface area contributed by atoms with E-state index in [1.54, 1.807) is 12.1 Å². The van der Waals surface area contributed by atoms with Crippen LogP contribution in [0.1, 0.15) is 50.4 Å². The zero-order valence-corrected chi connectivity index (χ0v) is 16.2. The Morgan fingerprint density at radius 2 is 2.08 bits per heavy atom. The summed E-state index contributed by atoms with van der Waals surface area (Å²) < 4.78 is 11.4. The van der Waals surface area contributed by atoms with Crippen molar-refractivity contribution in [3.8, 4) is 11.5 Å². The molecule has 1 unspecified atom stereocenters. The molecule has 5 nitrogen and oxygen atoms in total. The molecule has 1 fully saturated rings. The standard InChI is InChI=1S/C19H29ClN2O3/c1-4-9-22(15-7-8-21-13-15)19(23)14-11-16(20)18(25-10-5-2)17(12-14)24-6-3/h11-12,15,21H,4-10,13H2,1-3H3. The summed E-state index contributed by atoms with van der Waals surface area (Å²) in [7, 11) is 0.